The summed E-state index contributed by atoms with van der Waals surface area (Å²) in [5, 5.41) is 8.73. The second kappa shape index (κ2) is 6.03. The average Bonchev–Trinajstić information content (AvgIpc) is 2.98. The maximum absolute atomic E-state index is 11.5. The van der Waals surface area contributed by atoms with Crippen molar-refractivity contribution in [2.45, 2.75) is 51.2 Å². The highest BCUT2D eigenvalue weighted by Crippen LogP contribution is 2.32. The number of rotatable bonds is 2. The minimum atomic E-state index is -0.508. The lowest BCUT2D eigenvalue weighted by Crippen LogP contribution is -2.41. The van der Waals surface area contributed by atoms with Gasteiger partial charge in [0.25, 0.3) is 5.91 Å². The van der Waals surface area contributed by atoms with E-state index >= 15 is 0 Å². The third-order valence-electron chi connectivity index (χ3n) is 4.62. The van der Waals surface area contributed by atoms with Crippen LogP contribution in [0, 0.1) is 0 Å². The lowest BCUT2D eigenvalue weighted by molar-refractivity contribution is 0.0706. The van der Waals surface area contributed by atoms with Crippen molar-refractivity contribution in [2.75, 3.05) is 6.61 Å². The number of ether oxygens (including phenoxy) is 1. The fourth-order valence-corrected chi connectivity index (χ4v) is 3.41. The van der Waals surface area contributed by atoms with Gasteiger partial charge in [0.2, 0.25) is 0 Å². The summed E-state index contributed by atoms with van der Waals surface area (Å²) in [6, 6.07) is 6.40. The molecule has 1 amide bonds. The number of hydrogen-bond donors (Lipinski definition) is 2. The van der Waals surface area contributed by atoms with E-state index in [0.29, 0.717) is 24.3 Å². The van der Waals surface area contributed by atoms with Gasteiger partial charge in [-0.25, -0.2) is 5.48 Å². The molecular weight excluding hydrogens is 268 g/mol. The number of nitrogens with zero attached hydrogens (tertiary/aromatic N) is 1. The topological polar surface area (TPSA) is 61.8 Å². The number of carbonyl (C=O) groups is 1. The second-order valence-electron chi connectivity index (χ2n) is 6.03. The van der Waals surface area contributed by atoms with Crippen molar-refractivity contribution in [2.24, 2.45) is 0 Å². The normalized spacial score (nSPS) is 23.2. The van der Waals surface area contributed by atoms with Gasteiger partial charge in [0, 0.05) is 29.8 Å². The van der Waals surface area contributed by atoms with Crippen LogP contribution in [0.3, 0.4) is 0 Å². The van der Waals surface area contributed by atoms with E-state index in [-0.39, 0.29) is 0 Å². The fourth-order valence-electron chi connectivity index (χ4n) is 3.41. The van der Waals surface area contributed by atoms with Crippen LogP contribution in [0.2, 0.25) is 0 Å². The summed E-state index contributed by atoms with van der Waals surface area (Å²) in [6.07, 6.45) is 5.17. The van der Waals surface area contributed by atoms with Crippen LogP contribution in [-0.4, -0.2) is 34.7 Å². The Balaban J connectivity index is 1.85. The van der Waals surface area contributed by atoms with E-state index in [1.165, 1.54) is 25.7 Å². The number of amides is 1. The predicted molar refractivity (Wildman–Crippen MR) is 78.5 cm³/mol. The van der Waals surface area contributed by atoms with Gasteiger partial charge in [-0.05, 0) is 31.9 Å². The van der Waals surface area contributed by atoms with E-state index in [4.69, 9.17) is 9.94 Å². The molecule has 0 bridgehead atoms. The first-order chi connectivity index (χ1) is 10.2. The molecule has 1 aromatic carbocycles. The maximum Gasteiger partial charge on any atom is 0.274 e. The molecule has 0 saturated heterocycles. The van der Waals surface area contributed by atoms with E-state index in [1.54, 1.807) is 17.6 Å². The number of hydroxylamine groups is 1. The highest BCUT2D eigenvalue weighted by atomic mass is 16.5. The van der Waals surface area contributed by atoms with E-state index in [2.05, 4.69) is 11.8 Å². The first kappa shape index (κ1) is 14.4. The summed E-state index contributed by atoms with van der Waals surface area (Å²) in [5.74, 6) is 0.245. The zero-order chi connectivity index (χ0) is 14.8. The van der Waals surface area contributed by atoms with Gasteiger partial charge in [0.1, 0.15) is 12.4 Å². The SMILES string of the molecule is C[C@H]1COc2cc(C(=O)NO)ccc2CN1C1CCCC1. The first-order valence-electron chi connectivity index (χ1n) is 7.65. The molecule has 1 fully saturated rings. The molecule has 1 heterocycles. The van der Waals surface area contributed by atoms with Crippen LogP contribution >= 0.6 is 0 Å². The monoisotopic (exact) mass is 290 g/mol. The van der Waals surface area contributed by atoms with Crippen LogP contribution in [0.25, 0.3) is 0 Å². The molecule has 3 rings (SSSR count). The second-order valence-corrected chi connectivity index (χ2v) is 6.03. The molecule has 5 nitrogen and oxygen atoms in total. The molecule has 1 atom stereocenters. The van der Waals surface area contributed by atoms with Crippen molar-refractivity contribution in [3.05, 3.63) is 29.3 Å². The summed E-state index contributed by atoms with van der Waals surface area (Å²) < 4.78 is 5.88. The molecule has 0 aromatic heterocycles. The van der Waals surface area contributed by atoms with Crippen molar-refractivity contribution < 1.29 is 14.7 Å². The third-order valence-corrected chi connectivity index (χ3v) is 4.62. The summed E-state index contributed by atoms with van der Waals surface area (Å²) >= 11 is 0. The van der Waals surface area contributed by atoms with Crippen LogP contribution in [-0.2, 0) is 6.54 Å². The molecule has 0 radical (unpaired) electrons. The number of hydrogen-bond acceptors (Lipinski definition) is 4. The molecule has 1 aromatic rings. The van der Waals surface area contributed by atoms with Gasteiger partial charge in [-0.2, -0.15) is 0 Å². The third kappa shape index (κ3) is 2.89. The molecule has 1 saturated carbocycles. The molecular formula is C16H22N2O3. The number of nitrogens with one attached hydrogen (secondary N) is 1. The van der Waals surface area contributed by atoms with Crippen molar-refractivity contribution in [3.63, 3.8) is 0 Å². The fraction of sp³-hybridized carbons (Fsp3) is 0.562. The van der Waals surface area contributed by atoms with E-state index < -0.39 is 5.91 Å². The summed E-state index contributed by atoms with van der Waals surface area (Å²) in [7, 11) is 0. The molecule has 0 spiro atoms. The lowest BCUT2D eigenvalue weighted by atomic mass is 10.1. The van der Waals surface area contributed by atoms with E-state index in [0.717, 1.165) is 17.9 Å². The number of fused-ring (bicyclic) bond motifs is 1. The smallest absolute Gasteiger partial charge is 0.274 e. The van der Waals surface area contributed by atoms with E-state index in [1.807, 2.05) is 6.07 Å². The highest BCUT2D eigenvalue weighted by molar-refractivity contribution is 5.93. The summed E-state index contributed by atoms with van der Waals surface area (Å²) in [4.78, 5) is 14.0. The maximum atomic E-state index is 11.5. The van der Waals surface area contributed by atoms with Crippen LogP contribution in [0.5, 0.6) is 5.75 Å². The van der Waals surface area contributed by atoms with Gasteiger partial charge in [-0.3, -0.25) is 14.9 Å². The van der Waals surface area contributed by atoms with Gasteiger partial charge < -0.3 is 4.74 Å². The van der Waals surface area contributed by atoms with Gasteiger partial charge in [-0.15, -0.1) is 0 Å². The largest absolute Gasteiger partial charge is 0.492 e. The zero-order valence-electron chi connectivity index (χ0n) is 12.3. The highest BCUT2D eigenvalue weighted by Gasteiger charge is 2.30. The standard InChI is InChI=1S/C16H22N2O3/c1-11-10-21-15-8-12(16(19)17-20)6-7-13(15)9-18(11)14-4-2-3-5-14/h6-8,11,14,20H,2-5,9-10H2,1H3,(H,17,19)/t11-/m0/s1. The summed E-state index contributed by atoms with van der Waals surface area (Å²) in [5.41, 5.74) is 3.19. The first-order valence-corrected chi connectivity index (χ1v) is 7.65. The Labute approximate surface area is 124 Å². The Morgan fingerprint density at radius 3 is 2.86 bits per heavy atom. The molecule has 21 heavy (non-hydrogen) atoms. The Hall–Kier alpha value is -1.59. The molecule has 114 valence electrons. The molecule has 0 unspecified atom stereocenters. The molecule has 1 aliphatic carbocycles. The Kier molecular flexibility index (Phi) is 4.12. The zero-order valence-corrected chi connectivity index (χ0v) is 12.3. The van der Waals surface area contributed by atoms with Crippen molar-refractivity contribution in [3.8, 4) is 5.75 Å². The van der Waals surface area contributed by atoms with E-state index in [9.17, 15) is 4.79 Å². The summed E-state index contributed by atoms with van der Waals surface area (Å²) in [6.45, 7) is 3.70. The minimum absolute atomic E-state index is 0.371. The quantitative estimate of drug-likeness (QED) is 0.648. The van der Waals surface area contributed by atoms with Gasteiger partial charge in [0.05, 0.1) is 0 Å². The lowest BCUT2D eigenvalue weighted by Gasteiger charge is -2.32. The van der Waals surface area contributed by atoms with Crippen molar-refractivity contribution in [1.29, 1.82) is 0 Å². The van der Waals surface area contributed by atoms with Gasteiger partial charge >= 0.3 is 0 Å². The number of benzene rings is 1. The van der Waals surface area contributed by atoms with Crippen LogP contribution < -0.4 is 10.2 Å². The molecule has 1 aliphatic heterocycles. The average molecular weight is 290 g/mol. The minimum Gasteiger partial charge on any atom is -0.492 e. The Morgan fingerprint density at radius 1 is 1.38 bits per heavy atom. The Morgan fingerprint density at radius 2 is 2.14 bits per heavy atom. The van der Waals surface area contributed by atoms with Crippen molar-refractivity contribution in [1.82, 2.24) is 10.4 Å². The van der Waals surface area contributed by atoms with Gasteiger partial charge in [-0.1, -0.05) is 18.9 Å². The van der Waals surface area contributed by atoms with Crippen molar-refractivity contribution >= 4 is 5.91 Å². The Bertz CT molecular complexity index is 526. The number of carbonyl (C=O) groups excluding carboxylic acids is 1. The van der Waals surface area contributed by atoms with Crippen LogP contribution in [0.1, 0.15) is 48.5 Å². The molecule has 2 N–H and O–H groups in total. The molecule has 5 heteroatoms. The van der Waals surface area contributed by atoms with Crippen LogP contribution in [0.15, 0.2) is 18.2 Å². The van der Waals surface area contributed by atoms with Crippen LogP contribution in [0.4, 0.5) is 0 Å². The predicted octanol–water partition coefficient (Wildman–Crippen LogP) is 2.33. The van der Waals surface area contributed by atoms with Gasteiger partial charge in [0.15, 0.2) is 0 Å². The molecule has 2 aliphatic rings.